The van der Waals surface area contributed by atoms with Gasteiger partial charge in [-0.2, -0.15) is 4.31 Å². The molecule has 0 bridgehead atoms. The van der Waals surface area contributed by atoms with Crippen molar-refractivity contribution in [2.45, 2.75) is 49.6 Å². The third-order valence-electron chi connectivity index (χ3n) is 4.13. The highest BCUT2D eigenvalue weighted by atomic mass is 79.9. The van der Waals surface area contributed by atoms with Gasteiger partial charge in [0, 0.05) is 28.1 Å². The molecule has 2 rings (SSSR count). The third-order valence-corrected chi connectivity index (χ3v) is 7.85. The fourth-order valence-corrected chi connectivity index (χ4v) is 5.69. The Balaban J connectivity index is 2.31. The average Bonchev–Trinajstić information content (AvgIpc) is 2.42. The number of aryl methyl sites for hydroxylation is 1. The Morgan fingerprint density at radius 1 is 1.14 bits per heavy atom. The van der Waals surface area contributed by atoms with Gasteiger partial charge in [0.1, 0.15) is 0 Å². The van der Waals surface area contributed by atoms with E-state index in [1.807, 2.05) is 13.0 Å². The van der Waals surface area contributed by atoms with Gasteiger partial charge in [-0.05, 0) is 66.2 Å². The second-order valence-corrected chi connectivity index (χ2v) is 9.30. The first-order valence-corrected chi connectivity index (χ1v) is 9.95. The summed E-state index contributed by atoms with van der Waals surface area (Å²) in [5, 5.41) is 0. The first kappa shape index (κ1) is 17.4. The summed E-state index contributed by atoms with van der Waals surface area (Å²) in [6.45, 7) is 1.93. The van der Waals surface area contributed by atoms with E-state index in [0.717, 1.165) is 35.7 Å². The second kappa shape index (κ2) is 6.66. The Hall–Kier alpha value is 0.0500. The molecule has 0 heterocycles. The van der Waals surface area contributed by atoms with Crippen molar-refractivity contribution in [1.82, 2.24) is 4.31 Å². The highest BCUT2D eigenvalue weighted by molar-refractivity contribution is 9.11. The summed E-state index contributed by atoms with van der Waals surface area (Å²) in [6, 6.07) is 3.72. The molecule has 0 unspecified atom stereocenters. The fraction of sp³-hybridized carbons (Fsp3) is 0.571. The average molecular weight is 440 g/mol. The van der Waals surface area contributed by atoms with Crippen molar-refractivity contribution in [2.75, 3.05) is 7.05 Å². The van der Waals surface area contributed by atoms with Gasteiger partial charge < -0.3 is 5.73 Å². The minimum atomic E-state index is -3.51. The quantitative estimate of drug-likeness (QED) is 0.784. The maximum absolute atomic E-state index is 12.8. The van der Waals surface area contributed by atoms with Crippen molar-refractivity contribution in [3.05, 3.63) is 26.6 Å². The lowest BCUT2D eigenvalue weighted by atomic mass is 9.92. The van der Waals surface area contributed by atoms with Gasteiger partial charge in [-0.3, -0.25) is 0 Å². The van der Waals surface area contributed by atoms with Crippen LogP contribution in [0.2, 0.25) is 0 Å². The molecular formula is C14H20Br2N2O2S. The molecule has 21 heavy (non-hydrogen) atoms. The summed E-state index contributed by atoms with van der Waals surface area (Å²) < 4.78 is 28.6. The van der Waals surface area contributed by atoms with Gasteiger partial charge in [-0.15, -0.1) is 0 Å². The van der Waals surface area contributed by atoms with Crippen molar-refractivity contribution in [2.24, 2.45) is 5.73 Å². The van der Waals surface area contributed by atoms with Gasteiger partial charge in [0.2, 0.25) is 10.0 Å². The predicted molar refractivity (Wildman–Crippen MR) is 91.8 cm³/mol. The molecule has 1 fully saturated rings. The Kier molecular flexibility index (Phi) is 5.52. The molecule has 0 atom stereocenters. The van der Waals surface area contributed by atoms with E-state index in [9.17, 15) is 8.42 Å². The molecule has 0 aliphatic heterocycles. The largest absolute Gasteiger partial charge is 0.328 e. The molecule has 0 aromatic heterocycles. The van der Waals surface area contributed by atoms with Crippen LogP contribution >= 0.6 is 31.9 Å². The normalized spacial score (nSPS) is 23.5. The number of sulfonamides is 1. The number of halogens is 2. The van der Waals surface area contributed by atoms with Crippen LogP contribution in [0.25, 0.3) is 0 Å². The monoisotopic (exact) mass is 438 g/mol. The summed E-state index contributed by atoms with van der Waals surface area (Å²) in [5.74, 6) is 0. The highest BCUT2D eigenvalue weighted by Gasteiger charge is 2.32. The summed E-state index contributed by atoms with van der Waals surface area (Å²) in [5.41, 5.74) is 6.89. The van der Waals surface area contributed by atoms with Crippen molar-refractivity contribution in [3.63, 3.8) is 0 Å². The van der Waals surface area contributed by atoms with Crippen LogP contribution in [0.15, 0.2) is 26.0 Å². The number of rotatable bonds is 3. The number of nitrogens with zero attached hydrogens (tertiary/aromatic N) is 1. The summed E-state index contributed by atoms with van der Waals surface area (Å²) >= 11 is 6.78. The van der Waals surface area contributed by atoms with E-state index < -0.39 is 10.0 Å². The van der Waals surface area contributed by atoms with E-state index in [1.165, 1.54) is 4.31 Å². The first-order chi connectivity index (χ1) is 9.73. The van der Waals surface area contributed by atoms with Crippen LogP contribution in [0.4, 0.5) is 0 Å². The van der Waals surface area contributed by atoms with Gasteiger partial charge in [-0.1, -0.05) is 15.9 Å². The lowest BCUT2D eigenvalue weighted by Crippen LogP contribution is -2.41. The molecular weight excluding hydrogens is 420 g/mol. The Morgan fingerprint density at radius 3 is 2.29 bits per heavy atom. The number of hydrogen-bond acceptors (Lipinski definition) is 3. The van der Waals surface area contributed by atoms with E-state index >= 15 is 0 Å². The number of nitrogens with two attached hydrogens (primary N) is 1. The SMILES string of the molecule is Cc1cc(Br)c(S(=O)(=O)N(C)C2CCC(N)CC2)cc1Br. The molecule has 118 valence electrons. The maximum atomic E-state index is 12.8. The van der Waals surface area contributed by atoms with E-state index in [-0.39, 0.29) is 12.1 Å². The minimum Gasteiger partial charge on any atom is -0.328 e. The third kappa shape index (κ3) is 3.69. The summed E-state index contributed by atoms with van der Waals surface area (Å²) in [7, 11) is -1.85. The van der Waals surface area contributed by atoms with Gasteiger partial charge in [0.25, 0.3) is 0 Å². The zero-order valence-corrected chi connectivity index (χ0v) is 16.1. The van der Waals surface area contributed by atoms with Gasteiger partial charge in [0.15, 0.2) is 0 Å². The van der Waals surface area contributed by atoms with Crippen molar-refractivity contribution in [3.8, 4) is 0 Å². The van der Waals surface area contributed by atoms with Crippen LogP contribution in [0.5, 0.6) is 0 Å². The topological polar surface area (TPSA) is 63.4 Å². The first-order valence-electron chi connectivity index (χ1n) is 6.92. The smallest absolute Gasteiger partial charge is 0.244 e. The van der Waals surface area contributed by atoms with Gasteiger partial charge >= 0.3 is 0 Å². The molecule has 4 nitrogen and oxygen atoms in total. The predicted octanol–water partition coefficient (Wildman–Crippen LogP) is 3.41. The van der Waals surface area contributed by atoms with E-state index in [2.05, 4.69) is 31.9 Å². The molecule has 0 spiro atoms. The van der Waals surface area contributed by atoms with Gasteiger partial charge in [-0.25, -0.2) is 8.42 Å². The number of hydrogen-bond donors (Lipinski definition) is 1. The van der Waals surface area contributed by atoms with Crippen LogP contribution < -0.4 is 5.73 Å². The molecule has 0 radical (unpaired) electrons. The van der Waals surface area contributed by atoms with Crippen LogP contribution in [0.1, 0.15) is 31.2 Å². The Labute approximate surface area is 143 Å². The molecule has 1 aromatic carbocycles. The van der Waals surface area contributed by atoms with Crippen LogP contribution in [0, 0.1) is 6.92 Å². The zero-order chi connectivity index (χ0) is 15.8. The number of benzene rings is 1. The van der Waals surface area contributed by atoms with Gasteiger partial charge in [0.05, 0.1) is 4.90 Å². The molecule has 1 aliphatic rings. The second-order valence-electron chi connectivity index (χ2n) is 5.62. The van der Waals surface area contributed by atoms with E-state index in [4.69, 9.17) is 5.73 Å². The lowest BCUT2D eigenvalue weighted by molar-refractivity contribution is 0.268. The molecule has 2 N–H and O–H groups in total. The molecule has 7 heteroatoms. The molecule has 1 saturated carbocycles. The minimum absolute atomic E-state index is 0.0294. The Morgan fingerprint density at radius 2 is 1.71 bits per heavy atom. The highest BCUT2D eigenvalue weighted by Crippen LogP contribution is 2.33. The summed E-state index contributed by atoms with van der Waals surface area (Å²) in [6.07, 6.45) is 3.40. The molecule has 0 saturated heterocycles. The van der Waals surface area contributed by atoms with Crippen molar-refractivity contribution in [1.29, 1.82) is 0 Å². The Bertz CT molecular complexity index is 626. The van der Waals surface area contributed by atoms with Crippen LogP contribution in [-0.2, 0) is 10.0 Å². The van der Waals surface area contributed by atoms with Crippen molar-refractivity contribution >= 4 is 41.9 Å². The molecule has 1 aromatic rings. The van der Waals surface area contributed by atoms with Crippen LogP contribution in [-0.4, -0.2) is 31.9 Å². The standard InChI is InChI=1S/C14H20Br2N2O2S/c1-9-7-13(16)14(8-12(9)15)21(19,20)18(2)11-5-3-10(17)4-6-11/h7-8,10-11H,3-6,17H2,1-2H3. The summed E-state index contributed by atoms with van der Waals surface area (Å²) in [4.78, 5) is 0.303. The fourth-order valence-electron chi connectivity index (χ4n) is 2.64. The maximum Gasteiger partial charge on any atom is 0.244 e. The van der Waals surface area contributed by atoms with E-state index in [0.29, 0.717) is 9.37 Å². The van der Waals surface area contributed by atoms with E-state index in [1.54, 1.807) is 13.1 Å². The van der Waals surface area contributed by atoms with Crippen LogP contribution in [0.3, 0.4) is 0 Å². The zero-order valence-electron chi connectivity index (χ0n) is 12.1. The molecule has 1 aliphatic carbocycles. The molecule has 0 amide bonds. The lowest BCUT2D eigenvalue weighted by Gasteiger charge is -2.33. The van der Waals surface area contributed by atoms with Crippen molar-refractivity contribution < 1.29 is 8.42 Å².